The summed E-state index contributed by atoms with van der Waals surface area (Å²) in [4.78, 5) is 23.9. The number of hydrazine groups is 1. The molecule has 0 unspecified atom stereocenters. The van der Waals surface area contributed by atoms with E-state index in [9.17, 15) is 9.59 Å². The lowest BCUT2D eigenvalue weighted by molar-refractivity contribution is -0.139. The molecule has 0 radical (unpaired) electrons. The van der Waals surface area contributed by atoms with E-state index in [2.05, 4.69) is 12.2 Å². The summed E-state index contributed by atoms with van der Waals surface area (Å²) >= 11 is 6.23. The molecule has 1 aliphatic heterocycles. The van der Waals surface area contributed by atoms with Crippen LogP contribution in [0.25, 0.3) is 0 Å². The van der Waals surface area contributed by atoms with Crippen LogP contribution in [-0.2, 0) is 22.5 Å². The van der Waals surface area contributed by atoms with Crippen molar-refractivity contribution in [3.8, 4) is 0 Å². The number of benzene rings is 2. The normalized spacial score (nSPS) is 16.4. The molecule has 2 amide bonds. The van der Waals surface area contributed by atoms with Crippen LogP contribution in [0.4, 0.5) is 10.5 Å². The smallest absolute Gasteiger partial charge is 0.411 e. The Bertz CT molecular complexity index is 828. The van der Waals surface area contributed by atoms with E-state index in [0.717, 1.165) is 37.8 Å². The van der Waals surface area contributed by atoms with Crippen molar-refractivity contribution in [2.75, 3.05) is 18.5 Å². The highest BCUT2D eigenvalue weighted by Crippen LogP contribution is 2.23. The largest absolute Gasteiger partial charge is 0.448 e. The fourth-order valence-corrected chi connectivity index (χ4v) is 3.66. The first-order chi connectivity index (χ1) is 14.1. The number of aryl methyl sites for hydroxylation is 1. The molecule has 3 rings (SSSR count). The minimum atomic E-state index is -0.496. The average molecular weight is 416 g/mol. The zero-order chi connectivity index (χ0) is 20.6. The van der Waals surface area contributed by atoms with Crippen LogP contribution in [0.1, 0.15) is 30.9 Å². The second kappa shape index (κ2) is 10.3. The molecule has 2 aromatic rings. The number of nitrogens with zero attached hydrogens (tertiary/aromatic N) is 2. The van der Waals surface area contributed by atoms with E-state index in [1.165, 1.54) is 5.56 Å². The topological polar surface area (TPSA) is 61.9 Å². The molecule has 0 spiro atoms. The SMILES string of the molecule is CCc1ccc(NC(=O)OC[C@@H]2CCCN2N(C=O)Cc2ccccc2Cl)cc1. The van der Waals surface area contributed by atoms with E-state index >= 15 is 0 Å². The molecule has 0 aliphatic carbocycles. The van der Waals surface area contributed by atoms with E-state index in [1.807, 2.05) is 53.5 Å². The van der Waals surface area contributed by atoms with Crippen LogP contribution < -0.4 is 5.32 Å². The van der Waals surface area contributed by atoms with Gasteiger partial charge < -0.3 is 4.74 Å². The van der Waals surface area contributed by atoms with Gasteiger partial charge in [-0.25, -0.2) is 9.80 Å². The lowest BCUT2D eigenvalue weighted by Crippen LogP contribution is -2.46. The van der Waals surface area contributed by atoms with Gasteiger partial charge in [0.1, 0.15) is 6.61 Å². The number of amides is 2. The zero-order valence-corrected chi connectivity index (χ0v) is 17.3. The third-order valence-corrected chi connectivity index (χ3v) is 5.47. The standard InChI is InChI=1S/C22H26ClN3O3/c1-2-17-9-11-19(12-10-17)24-22(28)29-15-20-7-5-13-26(20)25(16-27)14-18-6-3-4-8-21(18)23/h3-4,6,8-12,16,20H,2,5,7,13-15H2,1H3,(H,24,28)/t20-/m0/s1. The lowest BCUT2D eigenvalue weighted by atomic mass is 10.1. The third kappa shape index (κ3) is 5.71. The molecule has 6 nitrogen and oxygen atoms in total. The molecule has 1 atom stereocenters. The Labute approximate surface area is 176 Å². The van der Waals surface area contributed by atoms with Crippen LogP contribution in [0.5, 0.6) is 0 Å². The summed E-state index contributed by atoms with van der Waals surface area (Å²) < 4.78 is 5.42. The Kier molecular flexibility index (Phi) is 7.49. The maximum atomic E-state index is 12.2. The zero-order valence-electron chi connectivity index (χ0n) is 16.5. The van der Waals surface area contributed by atoms with E-state index in [1.54, 1.807) is 5.01 Å². The van der Waals surface area contributed by atoms with Gasteiger partial charge in [-0.15, -0.1) is 0 Å². The van der Waals surface area contributed by atoms with Crippen LogP contribution >= 0.6 is 11.6 Å². The van der Waals surface area contributed by atoms with Gasteiger partial charge in [-0.05, 0) is 48.6 Å². The highest BCUT2D eigenvalue weighted by molar-refractivity contribution is 6.31. The van der Waals surface area contributed by atoms with Gasteiger partial charge in [0.15, 0.2) is 0 Å². The fraction of sp³-hybridized carbons (Fsp3) is 0.364. The Hall–Kier alpha value is -2.57. The van der Waals surface area contributed by atoms with Gasteiger partial charge >= 0.3 is 6.09 Å². The predicted molar refractivity (Wildman–Crippen MR) is 114 cm³/mol. The highest BCUT2D eigenvalue weighted by atomic mass is 35.5. The maximum absolute atomic E-state index is 12.2. The number of hydrogen-bond acceptors (Lipinski definition) is 4. The van der Waals surface area contributed by atoms with Crippen molar-refractivity contribution in [1.29, 1.82) is 0 Å². The molecule has 0 bridgehead atoms. The molecular formula is C22H26ClN3O3. The Morgan fingerprint density at radius 2 is 2.03 bits per heavy atom. The summed E-state index contributed by atoms with van der Waals surface area (Å²) in [5, 5.41) is 6.94. The molecule has 154 valence electrons. The molecule has 7 heteroatoms. The first-order valence-electron chi connectivity index (χ1n) is 9.85. The van der Waals surface area contributed by atoms with Crippen LogP contribution in [0.3, 0.4) is 0 Å². The average Bonchev–Trinajstić information content (AvgIpc) is 3.21. The second-order valence-electron chi connectivity index (χ2n) is 7.03. The van der Waals surface area contributed by atoms with Crippen LogP contribution in [0, 0.1) is 0 Å². The van der Waals surface area contributed by atoms with Crippen molar-refractivity contribution in [3.05, 3.63) is 64.7 Å². The highest BCUT2D eigenvalue weighted by Gasteiger charge is 2.30. The van der Waals surface area contributed by atoms with Gasteiger partial charge in [-0.3, -0.25) is 15.1 Å². The summed E-state index contributed by atoms with van der Waals surface area (Å²) in [6.07, 6.45) is 3.04. The van der Waals surface area contributed by atoms with E-state index in [4.69, 9.17) is 16.3 Å². The molecule has 1 fully saturated rings. The summed E-state index contributed by atoms with van der Waals surface area (Å²) in [5.41, 5.74) is 2.78. The number of ether oxygens (including phenoxy) is 1. The summed E-state index contributed by atoms with van der Waals surface area (Å²) in [7, 11) is 0. The maximum Gasteiger partial charge on any atom is 0.411 e. The Morgan fingerprint density at radius 1 is 1.28 bits per heavy atom. The van der Waals surface area contributed by atoms with Gasteiger partial charge in [0.2, 0.25) is 6.41 Å². The van der Waals surface area contributed by atoms with Crippen LogP contribution in [0.15, 0.2) is 48.5 Å². The Balaban J connectivity index is 1.54. The molecule has 0 aromatic heterocycles. The second-order valence-corrected chi connectivity index (χ2v) is 7.43. The number of carbonyl (C=O) groups is 2. The summed E-state index contributed by atoms with van der Waals surface area (Å²) in [6, 6.07) is 15.1. The molecule has 1 saturated heterocycles. The minimum absolute atomic E-state index is 0.0455. The lowest BCUT2D eigenvalue weighted by Gasteiger charge is -2.33. The van der Waals surface area contributed by atoms with Crippen molar-refractivity contribution in [2.45, 2.75) is 38.8 Å². The Morgan fingerprint density at radius 3 is 2.72 bits per heavy atom. The van der Waals surface area contributed by atoms with Gasteiger partial charge in [-0.1, -0.05) is 48.9 Å². The van der Waals surface area contributed by atoms with Crippen molar-refractivity contribution < 1.29 is 14.3 Å². The van der Waals surface area contributed by atoms with Crippen molar-refractivity contribution in [1.82, 2.24) is 10.0 Å². The molecule has 0 saturated carbocycles. The van der Waals surface area contributed by atoms with Gasteiger partial charge in [0.25, 0.3) is 0 Å². The quantitative estimate of drug-likeness (QED) is 0.645. The first kappa shape index (κ1) is 21.1. The molecular weight excluding hydrogens is 390 g/mol. The van der Waals surface area contributed by atoms with Crippen molar-refractivity contribution in [2.24, 2.45) is 0 Å². The number of nitrogens with one attached hydrogen (secondary N) is 1. The monoisotopic (exact) mass is 415 g/mol. The van der Waals surface area contributed by atoms with Gasteiger partial charge in [-0.2, -0.15) is 0 Å². The third-order valence-electron chi connectivity index (χ3n) is 5.10. The molecule has 1 heterocycles. The molecule has 2 aromatic carbocycles. The minimum Gasteiger partial charge on any atom is -0.448 e. The van der Waals surface area contributed by atoms with Crippen LogP contribution in [-0.4, -0.2) is 41.7 Å². The predicted octanol–water partition coefficient (Wildman–Crippen LogP) is 4.49. The van der Waals surface area contributed by atoms with E-state index in [-0.39, 0.29) is 12.6 Å². The van der Waals surface area contributed by atoms with E-state index < -0.39 is 6.09 Å². The summed E-state index contributed by atoms with van der Waals surface area (Å²) in [5.74, 6) is 0. The fourth-order valence-electron chi connectivity index (χ4n) is 3.47. The number of halogens is 1. The van der Waals surface area contributed by atoms with Crippen molar-refractivity contribution >= 4 is 29.8 Å². The van der Waals surface area contributed by atoms with E-state index in [0.29, 0.717) is 17.3 Å². The molecule has 1 N–H and O–H groups in total. The molecule has 29 heavy (non-hydrogen) atoms. The van der Waals surface area contributed by atoms with Crippen LogP contribution in [0.2, 0.25) is 5.02 Å². The van der Waals surface area contributed by atoms with Gasteiger partial charge in [0.05, 0.1) is 12.6 Å². The number of carbonyl (C=O) groups excluding carboxylic acids is 2. The first-order valence-corrected chi connectivity index (χ1v) is 10.2. The molecule has 1 aliphatic rings. The van der Waals surface area contributed by atoms with Gasteiger partial charge in [0, 0.05) is 17.3 Å². The van der Waals surface area contributed by atoms with Crippen molar-refractivity contribution in [3.63, 3.8) is 0 Å². The number of rotatable bonds is 8. The number of anilines is 1. The number of hydrogen-bond donors (Lipinski definition) is 1. The summed E-state index contributed by atoms with van der Waals surface area (Å²) in [6.45, 7) is 3.41.